The number of amides is 2. The highest BCUT2D eigenvalue weighted by Crippen LogP contribution is 2.26. The van der Waals surface area contributed by atoms with Crippen molar-refractivity contribution in [3.8, 4) is 0 Å². The highest BCUT2D eigenvalue weighted by atomic mass is 79.9. The number of hydrogen-bond donors (Lipinski definition) is 2. The van der Waals surface area contributed by atoms with Crippen LogP contribution >= 0.6 is 15.9 Å². The molecule has 1 atom stereocenters. The van der Waals surface area contributed by atoms with Gasteiger partial charge in [0.25, 0.3) is 5.91 Å². The van der Waals surface area contributed by atoms with Crippen LogP contribution in [-0.2, 0) is 4.79 Å². The lowest BCUT2D eigenvalue weighted by atomic mass is 10.1. The molecule has 2 amide bonds. The van der Waals surface area contributed by atoms with E-state index in [2.05, 4.69) is 26.6 Å². The zero-order valence-corrected chi connectivity index (χ0v) is 11.2. The molecule has 2 aliphatic rings. The van der Waals surface area contributed by atoms with Crippen molar-refractivity contribution in [1.82, 2.24) is 10.2 Å². The van der Waals surface area contributed by atoms with Crippen molar-refractivity contribution in [2.75, 3.05) is 25.0 Å². The van der Waals surface area contributed by atoms with Gasteiger partial charge >= 0.3 is 0 Å². The lowest BCUT2D eigenvalue weighted by molar-refractivity contribution is -0.120. The Labute approximate surface area is 113 Å². The molecular formula is C12H12BrN3O2. The maximum Gasteiger partial charge on any atom is 0.256 e. The third-order valence-electron chi connectivity index (χ3n) is 3.28. The first-order valence-electron chi connectivity index (χ1n) is 5.79. The standard InChI is InChI=1S/C12H12BrN3O2/c13-7-1-2-9-8(5-7)12(18)16-4-3-14-6-10(16)11(17)15-9/h1-2,5,10,14H,3-4,6H2,(H,15,17). The van der Waals surface area contributed by atoms with E-state index in [1.807, 2.05) is 6.07 Å². The summed E-state index contributed by atoms with van der Waals surface area (Å²) in [7, 11) is 0. The van der Waals surface area contributed by atoms with Crippen molar-refractivity contribution in [3.05, 3.63) is 28.2 Å². The van der Waals surface area contributed by atoms with Crippen LogP contribution in [0.1, 0.15) is 10.4 Å². The third-order valence-corrected chi connectivity index (χ3v) is 3.77. The monoisotopic (exact) mass is 309 g/mol. The normalized spacial score (nSPS) is 22.9. The summed E-state index contributed by atoms with van der Waals surface area (Å²) in [5.41, 5.74) is 1.13. The second kappa shape index (κ2) is 4.37. The number of benzene rings is 1. The minimum Gasteiger partial charge on any atom is -0.324 e. The molecule has 3 rings (SSSR count). The molecule has 5 nitrogen and oxygen atoms in total. The van der Waals surface area contributed by atoms with Crippen LogP contribution in [0, 0.1) is 0 Å². The van der Waals surface area contributed by atoms with E-state index in [1.165, 1.54) is 0 Å². The molecule has 1 aromatic carbocycles. The van der Waals surface area contributed by atoms with Crippen LogP contribution in [0.5, 0.6) is 0 Å². The molecule has 0 radical (unpaired) electrons. The van der Waals surface area contributed by atoms with E-state index in [-0.39, 0.29) is 11.8 Å². The number of rotatable bonds is 0. The molecule has 2 N–H and O–H groups in total. The van der Waals surface area contributed by atoms with Gasteiger partial charge in [-0.3, -0.25) is 9.59 Å². The van der Waals surface area contributed by atoms with Crippen LogP contribution in [0.2, 0.25) is 0 Å². The minimum atomic E-state index is -0.419. The zero-order valence-electron chi connectivity index (χ0n) is 9.57. The van der Waals surface area contributed by atoms with Crippen LogP contribution in [0.4, 0.5) is 5.69 Å². The van der Waals surface area contributed by atoms with Crippen LogP contribution in [0.25, 0.3) is 0 Å². The summed E-state index contributed by atoms with van der Waals surface area (Å²) in [5, 5.41) is 5.95. The number of anilines is 1. The molecule has 0 saturated carbocycles. The first-order valence-corrected chi connectivity index (χ1v) is 6.58. The number of halogens is 1. The first kappa shape index (κ1) is 11.7. The zero-order chi connectivity index (χ0) is 12.7. The van der Waals surface area contributed by atoms with Crippen molar-refractivity contribution in [3.63, 3.8) is 0 Å². The molecule has 6 heteroatoms. The number of piperazine rings is 1. The van der Waals surface area contributed by atoms with Gasteiger partial charge in [-0.25, -0.2) is 0 Å². The van der Waals surface area contributed by atoms with E-state index in [0.29, 0.717) is 24.3 Å². The Hall–Kier alpha value is -1.40. The van der Waals surface area contributed by atoms with E-state index >= 15 is 0 Å². The summed E-state index contributed by atoms with van der Waals surface area (Å²) in [5.74, 6) is -0.215. The maximum atomic E-state index is 12.5. The summed E-state index contributed by atoms with van der Waals surface area (Å²) >= 11 is 3.35. The van der Waals surface area contributed by atoms with Crippen molar-refractivity contribution >= 4 is 33.4 Å². The molecular weight excluding hydrogens is 298 g/mol. The molecule has 0 spiro atoms. The van der Waals surface area contributed by atoms with Gasteiger partial charge in [0, 0.05) is 24.1 Å². The van der Waals surface area contributed by atoms with E-state index in [9.17, 15) is 9.59 Å². The molecule has 0 bridgehead atoms. The predicted octanol–water partition coefficient (Wildman–Crippen LogP) is 0.815. The average Bonchev–Trinajstić information content (AvgIpc) is 2.48. The summed E-state index contributed by atoms with van der Waals surface area (Å²) in [6, 6.07) is 4.90. The van der Waals surface area contributed by atoms with Gasteiger partial charge in [-0.05, 0) is 18.2 Å². The Bertz CT molecular complexity index is 532. The Morgan fingerprint density at radius 1 is 1.33 bits per heavy atom. The van der Waals surface area contributed by atoms with Crippen LogP contribution in [-0.4, -0.2) is 42.4 Å². The fourth-order valence-electron chi connectivity index (χ4n) is 2.35. The Kier molecular flexibility index (Phi) is 2.83. The van der Waals surface area contributed by atoms with Gasteiger partial charge in [0.05, 0.1) is 11.3 Å². The van der Waals surface area contributed by atoms with Crippen LogP contribution in [0.3, 0.4) is 0 Å². The maximum absolute atomic E-state index is 12.5. The minimum absolute atomic E-state index is 0.0869. The Morgan fingerprint density at radius 3 is 3.00 bits per heavy atom. The van der Waals surface area contributed by atoms with Gasteiger partial charge in [0.2, 0.25) is 5.91 Å². The smallest absolute Gasteiger partial charge is 0.256 e. The van der Waals surface area contributed by atoms with Gasteiger partial charge in [0.15, 0.2) is 0 Å². The van der Waals surface area contributed by atoms with E-state index in [1.54, 1.807) is 17.0 Å². The fourth-order valence-corrected chi connectivity index (χ4v) is 2.72. The number of carbonyl (C=O) groups excluding carboxylic acids is 2. The van der Waals surface area contributed by atoms with Gasteiger partial charge in [-0.2, -0.15) is 0 Å². The molecule has 1 saturated heterocycles. The topological polar surface area (TPSA) is 61.4 Å². The molecule has 2 heterocycles. The average molecular weight is 310 g/mol. The first-order chi connectivity index (χ1) is 8.66. The highest BCUT2D eigenvalue weighted by Gasteiger charge is 2.36. The van der Waals surface area contributed by atoms with E-state index in [0.717, 1.165) is 11.0 Å². The summed E-state index contributed by atoms with van der Waals surface area (Å²) in [6.45, 7) is 1.79. The van der Waals surface area contributed by atoms with E-state index < -0.39 is 6.04 Å². The van der Waals surface area contributed by atoms with Crippen molar-refractivity contribution in [1.29, 1.82) is 0 Å². The quantitative estimate of drug-likeness (QED) is 0.746. The van der Waals surface area contributed by atoms with Crippen molar-refractivity contribution in [2.45, 2.75) is 6.04 Å². The van der Waals surface area contributed by atoms with Crippen LogP contribution in [0.15, 0.2) is 22.7 Å². The Morgan fingerprint density at radius 2 is 2.17 bits per heavy atom. The number of carbonyl (C=O) groups is 2. The van der Waals surface area contributed by atoms with Gasteiger partial charge in [0.1, 0.15) is 6.04 Å². The molecule has 2 aliphatic heterocycles. The van der Waals surface area contributed by atoms with Crippen molar-refractivity contribution in [2.24, 2.45) is 0 Å². The SMILES string of the molecule is O=C1Nc2ccc(Br)cc2C(=O)N2CCNCC12. The van der Waals surface area contributed by atoms with E-state index in [4.69, 9.17) is 0 Å². The van der Waals surface area contributed by atoms with Crippen molar-refractivity contribution < 1.29 is 9.59 Å². The molecule has 0 aliphatic carbocycles. The highest BCUT2D eigenvalue weighted by molar-refractivity contribution is 9.10. The second-order valence-corrected chi connectivity index (χ2v) is 5.31. The summed E-state index contributed by atoms with van der Waals surface area (Å²) < 4.78 is 0.831. The number of nitrogens with one attached hydrogen (secondary N) is 2. The third kappa shape index (κ3) is 1.81. The molecule has 1 aromatic rings. The number of hydrogen-bond acceptors (Lipinski definition) is 3. The van der Waals surface area contributed by atoms with Gasteiger partial charge in [-0.1, -0.05) is 15.9 Å². The Balaban J connectivity index is 2.09. The molecule has 18 heavy (non-hydrogen) atoms. The lowest BCUT2D eigenvalue weighted by Gasteiger charge is -2.33. The molecule has 0 aromatic heterocycles. The molecule has 1 unspecified atom stereocenters. The molecule has 1 fully saturated rings. The fraction of sp³-hybridized carbons (Fsp3) is 0.333. The van der Waals surface area contributed by atoms with Gasteiger partial charge in [-0.15, -0.1) is 0 Å². The summed E-state index contributed by atoms with van der Waals surface area (Å²) in [4.78, 5) is 26.2. The number of fused-ring (bicyclic) bond motifs is 2. The summed E-state index contributed by atoms with van der Waals surface area (Å²) in [6.07, 6.45) is 0. The van der Waals surface area contributed by atoms with Gasteiger partial charge < -0.3 is 15.5 Å². The number of nitrogens with zero attached hydrogens (tertiary/aromatic N) is 1. The largest absolute Gasteiger partial charge is 0.324 e. The van der Waals surface area contributed by atoms with Crippen LogP contribution < -0.4 is 10.6 Å². The predicted molar refractivity (Wildman–Crippen MR) is 70.5 cm³/mol. The molecule has 94 valence electrons. The second-order valence-electron chi connectivity index (χ2n) is 4.40. The lowest BCUT2D eigenvalue weighted by Crippen LogP contribution is -2.57.